The van der Waals surface area contributed by atoms with E-state index in [1.165, 1.54) is 6.26 Å². The first-order valence-corrected chi connectivity index (χ1v) is 5.55. The van der Waals surface area contributed by atoms with Gasteiger partial charge >= 0.3 is 0 Å². The van der Waals surface area contributed by atoms with E-state index in [1.54, 1.807) is 17.9 Å². The van der Waals surface area contributed by atoms with Crippen LogP contribution in [-0.4, -0.2) is 47.7 Å². The van der Waals surface area contributed by atoms with Gasteiger partial charge in [0.15, 0.2) is 5.84 Å². The summed E-state index contributed by atoms with van der Waals surface area (Å²) in [6.45, 7) is 2.86. The summed E-state index contributed by atoms with van der Waals surface area (Å²) in [5.74, 6) is 0.501. The standard InChI is InChI=1S/C11H15N3O4/c1-7-4-8(6-18-7)11(15)14-2-3-17-9(5-14)10(12)13-16/h4,6,9,16H,2-3,5H2,1H3,(H2,12,13). The molecule has 7 nitrogen and oxygen atoms in total. The lowest BCUT2D eigenvalue weighted by atomic mass is 10.2. The Morgan fingerprint density at radius 3 is 3.06 bits per heavy atom. The smallest absolute Gasteiger partial charge is 0.257 e. The summed E-state index contributed by atoms with van der Waals surface area (Å²) in [5.41, 5.74) is 5.96. The first-order valence-electron chi connectivity index (χ1n) is 5.55. The normalized spacial score (nSPS) is 21.1. The van der Waals surface area contributed by atoms with Crippen LogP contribution in [0.15, 0.2) is 21.9 Å². The van der Waals surface area contributed by atoms with Crippen molar-refractivity contribution in [3.05, 3.63) is 23.7 Å². The highest BCUT2D eigenvalue weighted by Crippen LogP contribution is 2.13. The second-order valence-electron chi connectivity index (χ2n) is 4.08. The van der Waals surface area contributed by atoms with Gasteiger partial charge in [-0.25, -0.2) is 0 Å². The van der Waals surface area contributed by atoms with Crippen LogP contribution in [0, 0.1) is 6.92 Å². The van der Waals surface area contributed by atoms with E-state index in [-0.39, 0.29) is 18.3 Å². The molecule has 1 saturated heterocycles. The molecule has 0 radical (unpaired) electrons. The van der Waals surface area contributed by atoms with Gasteiger partial charge in [0.2, 0.25) is 0 Å². The van der Waals surface area contributed by atoms with Gasteiger partial charge in [-0.2, -0.15) is 0 Å². The summed E-state index contributed by atoms with van der Waals surface area (Å²) in [4.78, 5) is 13.7. The molecule has 0 aliphatic carbocycles. The molecular formula is C11H15N3O4. The molecule has 1 aromatic heterocycles. The van der Waals surface area contributed by atoms with E-state index in [9.17, 15) is 4.79 Å². The highest BCUT2D eigenvalue weighted by Gasteiger charge is 2.28. The number of furan rings is 1. The van der Waals surface area contributed by atoms with E-state index in [0.29, 0.717) is 24.5 Å². The zero-order valence-corrected chi connectivity index (χ0v) is 10.00. The van der Waals surface area contributed by atoms with E-state index in [0.717, 1.165) is 0 Å². The summed E-state index contributed by atoms with van der Waals surface area (Å²) in [6.07, 6.45) is 0.853. The molecule has 0 spiro atoms. The molecule has 0 aromatic carbocycles. The molecule has 1 atom stereocenters. The molecule has 1 aliphatic rings. The fraction of sp³-hybridized carbons (Fsp3) is 0.455. The van der Waals surface area contributed by atoms with Crippen LogP contribution >= 0.6 is 0 Å². The first-order chi connectivity index (χ1) is 8.61. The van der Waals surface area contributed by atoms with Gasteiger partial charge in [0, 0.05) is 6.54 Å². The van der Waals surface area contributed by atoms with Crippen molar-refractivity contribution in [1.29, 1.82) is 0 Å². The number of amides is 1. The van der Waals surface area contributed by atoms with Crippen LogP contribution in [0.5, 0.6) is 0 Å². The predicted molar refractivity (Wildman–Crippen MR) is 62.5 cm³/mol. The summed E-state index contributed by atoms with van der Waals surface area (Å²) < 4.78 is 10.4. The predicted octanol–water partition coefficient (Wildman–Crippen LogP) is 0.175. The van der Waals surface area contributed by atoms with Gasteiger partial charge in [-0.15, -0.1) is 0 Å². The van der Waals surface area contributed by atoms with Crippen molar-refractivity contribution >= 4 is 11.7 Å². The second-order valence-corrected chi connectivity index (χ2v) is 4.08. The molecule has 18 heavy (non-hydrogen) atoms. The van der Waals surface area contributed by atoms with E-state index < -0.39 is 6.10 Å². The maximum absolute atomic E-state index is 12.1. The zero-order chi connectivity index (χ0) is 13.1. The number of aryl methyl sites for hydroxylation is 1. The molecule has 1 fully saturated rings. The molecule has 7 heteroatoms. The minimum absolute atomic E-state index is 0.0316. The number of morpholine rings is 1. The minimum Gasteiger partial charge on any atom is -0.469 e. The van der Waals surface area contributed by atoms with Gasteiger partial charge < -0.3 is 25.0 Å². The lowest BCUT2D eigenvalue weighted by molar-refractivity contribution is 0.00672. The van der Waals surface area contributed by atoms with Gasteiger partial charge in [-0.1, -0.05) is 5.16 Å². The Morgan fingerprint density at radius 2 is 2.44 bits per heavy atom. The number of rotatable bonds is 2. The van der Waals surface area contributed by atoms with Crippen molar-refractivity contribution in [3.63, 3.8) is 0 Å². The minimum atomic E-state index is -0.569. The molecule has 1 aromatic rings. The van der Waals surface area contributed by atoms with Gasteiger partial charge in [0.1, 0.15) is 18.1 Å². The highest BCUT2D eigenvalue weighted by molar-refractivity contribution is 5.94. The molecule has 1 aliphatic heterocycles. The van der Waals surface area contributed by atoms with Crippen molar-refractivity contribution in [2.75, 3.05) is 19.7 Å². The molecule has 2 heterocycles. The van der Waals surface area contributed by atoms with Crippen molar-refractivity contribution in [2.45, 2.75) is 13.0 Å². The third-order valence-electron chi connectivity index (χ3n) is 2.78. The molecule has 3 N–H and O–H groups in total. The van der Waals surface area contributed by atoms with E-state index >= 15 is 0 Å². The maximum Gasteiger partial charge on any atom is 0.257 e. The Morgan fingerprint density at radius 1 is 1.67 bits per heavy atom. The third-order valence-corrected chi connectivity index (χ3v) is 2.78. The summed E-state index contributed by atoms with van der Waals surface area (Å²) in [7, 11) is 0. The number of carbonyl (C=O) groups is 1. The quantitative estimate of drug-likeness (QED) is 0.339. The van der Waals surface area contributed by atoms with Crippen LogP contribution in [0.4, 0.5) is 0 Å². The van der Waals surface area contributed by atoms with E-state index in [4.69, 9.17) is 20.1 Å². The Balaban J connectivity index is 2.07. The Hall–Kier alpha value is -2.02. The Kier molecular flexibility index (Phi) is 3.52. The highest BCUT2D eigenvalue weighted by atomic mass is 16.5. The van der Waals surface area contributed by atoms with Crippen LogP contribution in [0.3, 0.4) is 0 Å². The fourth-order valence-corrected chi connectivity index (χ4v) is 1.82. The molecule has 1 amide bonds. The molecule has 0 saturated carbocycles. The summed E-state index contributed by atoms with van der Waals surface area (Å²) >= 11 is 0. The van der Waals surface area contributed by atoms with Crippen molar-refractivity contribution in [3.8, 4) is 0 Å². The number of ether oxygens (including phenoxy) is 1. The largest absolute Gasteiger partial charge is 0.469 e. The van der Waals surface area contributed by atoms with Crippen LogP contribution < -0.4 is 5.73 Å². The first kappa shape index (κ1) is 12.4. The number of nitrogens with zero attached hydrogens (tertiary/aromatic N) is 2. The van der Waals surface area contributed by atoms with Crippen molar-refractivity contribution < 1.29 is 19.2 Å². The summed E-state index contributed by atoms with van der Waals surface area (Å²) in [5, 5.41) is 11.5. The van der Waals surface area contributed by atoms with Gasteiger partial charge in [0.05, 0.1) is 18.7 Å². The van der Waals surface area contributed by atoms with Gasteiger partial charge in [-0.05, 0) is 13.0 Å². The fourth-order valence-electron chi connectivity index (χ4n) is 1.82. The van der Waals surface area contributed by atoms with Crippen LogP contribution in [0.25, 0.3) is 0 Å². The average molecular weight is 253 g/mol. The maximum atomic E-state index is 12.1. The number of nitrogens with two attached hydrogens (primary N) is 1. The van der Waals surface area contributed by atoms with Crippen LogP contribution in [0.1, 0.15) is 16.1 Å². The number of hydrogen-bond acceptors (Lipinski definition) is 5. The molecule has 0 bridgehead atoms. The van der Waals surface area contributed by atoms with Crippen LogP contribution in [-0.2, 0) is 4.74 Å². The number of carbonyl (C=O) groups excluding carboxylic acids is 1. The topological polar surface area (TPSA) is 101 Å². The average Bonchev–Trinajstić information content (AvgIpc) is 2.83. The van der Waals surface area contributed by atoms with Gasteiger partial charge in [-0.3, -0.25) is 4.79 Å². The Bertz CT molecular complexity index is 469. The SMILES string of the molecule is Cc1cc(C(=O)N2CCOC(C(N)=NO)C2)co1. The van der Waals surface area contributed by atoms with Crippen molar-refractivity contribution in [2.24, 2.45) is 10.9 Å². The second kappa shape index (κ2) is 5.09. The summed E-state index contributed by atoms with van der Waals surface area (Å²) in [6, 6.07) is 1.68. The number of hydrogen-bond donors (Lipinski definition) is 2. The number of oxime groups is 1. The monoisotopic (exact) mass is 253 g/mol. The lowest BCUT2D eigenvalue weighted by Gasteiger charge is -2.31. The van der Waals surface area contributed by atoms with E-state index in [2.05, 4.69) is 5.16 Å². The zero-order valence-electron chi connectivity index (χ0n) is 10.00. The van der Waals surface area contributed by atoms with Crippen LogP contribution in [0.2, 0.25) is 0 Å². The van der Waals surface area contributed by atoms with Crippen molar-refractivity contribution in [1.82, 2.24) is 4.90 Å². The molecule has 1 unspecified atom stereocenters. The number of amidine groups is 1. The Labute approximate surface area is 104 Å². The molecule has 2 rings (SSSR count). The molecular weight excluding hydrogens is 238 g/mol. The lowest BCUT2D eigenvalue weighted by Crippen LogP contribution is -2.50. The van der Waals surface area contributed by atoms with E-state index in [1.807, 2.05) is 0 Å². The third kappa shape index (κ3) is 2.45. The van der Waals surface area contributed by atoms with Gasteiger partial charge in [0.25, 0.3) is 5.91 Å². The molecule has 98 valence electrons.